The molecule has 7 nitrogen and oxygen atoms in total. The van der Waals surface area contributed by atoms with Crippen molar-refractivity contribution < 1.29 is 29.0 Å². The fourth-order valence-corrected chi connectivity index (χ4v) is 2.00. The number of alkyl carbamates (subject to hydrolysis) is 1. The SMILES string of the molecule is CC(C)CC(CNC(=O)OC(C)COC(=O)C(C)C)CC(=O)O. The molecule has 1 amide bonds. The molecule has 2 atom stereocenters. The zero-order valence-electron chi connectivity index (χ0n) is 14.6. The van der Waals surface area contributed by atoms with Crippen LogP contribution in [0.4, 0.5) is 4.79 Å². The third-order valence-corrected chi connectivity index (χ3v) is 3.04. The highest BCUT2D eigenvalue weighted by molar-refractivity contribution is 5.71. The van der Waals surface area contributed by atoms with Crippen molar-refractivity contribution in [3.63, 3.8) is 0 Å². The van der Waals surface area contributed by atoms with E-state index in [0.29, 0.717) is 12.3 Å². The summed E-state index contributed by atoms with van der Waals surface area (Å²) in [5.41, 5.74) is 0. The van der Waals surface area contributed by atoms with Crippen LogP contribution in [0.1, 0.15) is 47.5 Å². The molecule has 0 bridgehead atoms. The zero-order chi connectivity index (χ0) is 18.0. The quantitative estimate of drug-likeness (QED) is 0.596. The Bertz CT molecular complexity index is 394. The highest BCUT2D eigenvalue weighted by Crippen LogP contribution is 2.14. The van der Waals surface area contributed by atoms with E-state index in [1.54, 1.807) is 20.8 Å². The van der Waals surface area contributed by atoms with Gasteiger partial charge in [-0.2, -0.15) is 0 Å². The number of carbonyl (C=O) groups excluding carboxylic acids is 2. The summed E-state index contributed by atoms with van der Waals surface area (Å²) < 4.78 is 10.0. The third kappa shape index (κ3) is 11.4. The monoisotopic (exact) mass is 331 g/mol. The molecule has 0 radical (unpaired) electrons. The molecule has 0 aliphatic heterocycles. The smallest absolute Gasteiger partial charge is 0.407 e. The van der Waals surface area contributed by atoms with Crippen LogP contribution < -0.4 is 5.32 Å². The molecular weight excluding hydrogens is 302 g/mol. The van der Waals surface area contributed by atoms with E-state index in [1.165, 1.54) is 0 Å². The molecule has 2 unspecified atom stereocenters. The maximum atomic E-state index is 11.7. The van der Waals surface area contributed by atoms with Gasteiger partial charge < -0.3 is 19.9 Å². The van der Waals surface area contributed by atoms with Crippen LogP contribution in [-0.4, -0.2) is 42.4 Å². The van der Waals surface area contributed by atoms with Crippen molar-refractivity contribution in [1.29, 1.82) is 0 Å². The van der Waals surface area contributed by atoms with Gasteiger partial charge in [-0.15, -0.1) is 0 Å². The predicted octanol–water partition coefficient (Wildman–Crippen LogP) is 2.44. The Balaban J connectivity index is 4.15. The van der Waals surface area contributed by atoms with Crippen LogP contribution in [0.25, 0.3) is 0 Å². The van der Waals surface area contributed by atoms with Crippen LogP contribution in [0.2, 0.25) is 0 Å². The first-order valence-electron chi connectivity index (χ1n) is 7.94. The molecule has 0 rings (SSSR count). The van der Waals surface area contributed by atoms with E-state index < -0.39 is 18.2 Å². The Hall–Kier alpha value is -1.79. The Morgan fingerprint density at radius 1 is 1.09 bits per heavy atom. The fourth-order valence-electron chi connectivity index (χ4n) is 2.00. The van der Waals surface area contributed by atoms with E-state index >= 15 is 0 Å². The lowest BCUT2D eigenvalue weighted by Gasteiger charge is -2.19. The minimum Gasteiger partial charge on any atom is -0.481 e. The van der Waals surface area contributed by atoms with Crippen LogP contribution in [0.15, 0.2) is 0 Å². The molecule has 0 aromatic rings. The molecule has 0 saturated carbocycles. The summed E-state index contributed by atoms with van der Waals surface area (Å²) in [4.78, 5) is 33.8. The van der Waals surface area contributed by atoms with Gasteiger partial charge in [-0.25, -0.2) is 4.79 Å². The minimum atomic E-state index is -0.889. The van der Waals surface area contributed by atoms with Gasteiger partial charge >= 0.3 is 18.0 Å². The Kier molecular flexibility index (Phi) is 10.0. The lowest BCUT2D eigenvalue weighted by atomic mass is 9.94. The molecule has 7 heteroatoms. The second kappa shape index (κ2) is 10.9. The summed E-state index contributed by atoms with van der Waals surface area (Å²) in [6.45, 7) is 9.29. The number of esters is 1. The van der Waals surface area contributed by atoms with E-state index in [4.69, 9.17) is 14.6 Å². The average molecular weight is 331 g/mol. The summed E-state index contributed by atoms with van der Waals surface area (Å²) in [6, 6.07) is 0. The van der Waals surface area contributed by atoms with Gasteiger partial charge in [-0.3, -0.25) is 9.59 Å². The van der Waals surface area contributed by atoms with E-state index in [2.05, 4.69) is 5.32 Å². The van der Waals surface area contributed by atoms with Crippen molar-refractivity contribution in [2.45, 2.75) is 53.6 Å². The topological polar surface area (TPSA) is 102 Å². The minimum absolute atomic E-state index is 0.0000148. The molecule has 0 spiro atoms. The summed E-state index contributed by atoms with van der Waals surface area (Å²) in [5.74, 6) is -1.27. The molecule has 0 aliphatic rings. The van der Waals surface area contributed by atoms with Gasteiger partial charge in [0, 0.05) is 13.0 Å². The molecule has 23 heavy (non-hydrogen) atoms. The second-order valence-corrected chi connectivity index (χ2v) is 6.48. The Morgan fingerprint density at radius 2 is 1.70 bits per heavy atom. The Morgan fingerprint density at radius 3 is 2.17 bits per heavy atom. The van der Waals surface area contributed by atoms with Gasteiger partial charge in [0.05, 0.1) is 5.92 Å². The number of rotatable bonds is 10. The van der Waals surface area contributed by atoms with Gasteiger partial charge in [0.15, 0.2) is 0 Å². The van der Waals surface area contributed by atoms with Crippen molar-refractivity contribution in [3.8, 4) is 0 Å². The molecular formula is C16H29NO6. The number of aliphatic carboxylic acids is 1. The van der Waals surface area contributed by atoms with Gasteiger partial charge in [0.1, 0.15) is 12.7 Å². The van der Waals surface area contributed by atoms with Gasteiger partial charge in [0.2, 0.25) is 0 Å². The second-order valence-electron chi connectivity index (χ2n) is 6.48. The largest absolute Gasteiger partial charge is 0.481 e. The molecule has 0 saturated heterocycles. The van der Waals surface area contributed by atoms with Crippen molar-refractivity contribution >= 4 is 18.0 Å². The van der Waals surface area contributed by atoms with Crippen LogP contribution in [0, 0.1) is 17.8 Å². The molecule has 0 aromatic heterocycles. The van der Waals surface area contributed by atoms with Gasteiger partial charge in [-0.05, 0) is 25.2 Å². The number of nitrogens with one attached hydrogen (secondary N) is 1. The maximum absolute atomic E-state index is 11.7. The fraction of sp³-hybridized carbons (Fsp3) is 0.812. The first-order valence-corrected chi connectivity index (χ1v) is 7.94. The van der Waals surface area contributed by atoms with Crippen LogP contribution in [-0.2, 0) is 19.1 Å². The Labute approximate surface area is 137 Å². The number of carboxylic acids is 1. The van der Waals surface area contributed by atoms with E-state index in [9.17, 15) is 14.4 Å². The number of carboxylic acid groups (broad SMARTS) is 1. The van der Waals surface area contributed by atoms with Crippen LogP contribution in [0.3, 0.4) is 0 Å². The number of hydrogen-bond donors (Lipinski definition) is 2. The van der Waals surface area contributed by atoms with E-state index in [-0.39, 0.29) is 37.4 Å². The number of hydrogen-bond acceptors (Lipinski definition) is 5. The van der Waals surface area contributed by atoms with Crippen LogP contribution >= 0.6 is 0 Å². The summed E-state index contributed by atoms with van der Waals surface area (Å²) in [7, 11) is 0. The highest BCUT2D eigenvalue weighted by atomic mass is 16.6. The molecule has 0 aromatic carbocycles. The van der Waals surface area contributed by atoms with Crippen molar-refractivity contribution in [1.82, 2.24) is 5.32 Å². The molecule has 0 fully saturated rings. The van der Waals surface area contributed by atoms with Gasteiger partial charge in [0.25, 0.3) is 0 Å². The number of ether oxygens (including phenoxy) is 2. The highest BCUT2D eigenvalue weighted by Gasteiger charge is 2.18. The maximum Gasteiger partial charge on any atom is 0.407 e. The molecule has 0 aliphatic carbocycles. The lowest BCUT2D eigenvalue weighted by Crippen LogP contribution is -2.34. The lowest BCUT2D eigenvalue weighted by molar-refractivity contribution is -0.150. The predicted molar refractivity (Wildman–Crippen MR) is 84.9 cm³/mol. The molecule has 0 heterocycles. The summed E-state index contributed by atoms with van der Waals surface area (Å²) in [5, 5.41) is 11.5. The normalized spacial score (nSPS) is 13.5. The first-order chi connectivity index (χ1) is 10.6. The van der Waals surface area contributed by atoms with E-state index in [1.807, 2.05) is 13.8 Å². The molecule has 2 N–H and O–H groups in total. The van der Waals surface area contributed by atoms with Gasteiger partial charge in [-0.1, -0.05) is 27.7 Å². The van der Waals surface area contributed by atoms with Crippen molar-refractivity contribution in [2.75, 3.05) is 13.2 Å². The third-order valence-electron chi connectivity index (χ3n) is 3.04. The summed E-state index contributed by atoms with van der Waals surface area (Å²) in [6.07, 6.45) is -0.508. The average Bonchev–Trinajstić information content (AvgIpc) is 2.40. The van der Waals surface area contributed by atoms with Crippen LogP contribution in [0.5, 0.6) is 0 Å². The van der Waals surface area contributed by atoms with Crippen molar-refractivity contribution in [3.05, 3.63) is 0 Å². The number of carbonyl (C=O) groups is 3. The standard InChI is InChI=1S/C16H29NO6/c1-10(2)6-13(7-14(18)19)8-17-16(21)23-12(5)9-22-15(20)11(3)4/h10-13H,6-9H2,1-5H3,(H,17,21)(H,18,19). The molecule has 134 valence electrons. The van der Waals surface area contributed by atoms with E-state index in [0.717, 1.165) is 0 Å². The first kappa shape index (κ1) is 21.2. The summed E-state index contributed by atoms with van der Waals surface area (Å²) >= 11 is 0. The van der Waals surface area contributed by atoms with Crippen molar-refractivity contribution in [2.24, 2.45) is 17.8 Å². The number of amides is 1. The zero-order valence-corrected chi connectivity index (χ0v) is 14.6.